The van der Waals surface area contributed by atoms with Crippen LogP contribution in [0.1, 0.15) is 32.1 Å². The van der Waals surface area contributed by atoms with Gasteiger partial charge in [-0.3, -0.25) is 9.88 Å². The van der Waals surface area contributed by atoms with Gasteiger partial charge in [0.15, 0.2) is 0 Å². The molecule has 0 aromatic carbocycles. The molecule has 1 aliphatic rings. The van der Waals surface area contributed by atoms with E-state index in [1.54, 1.807) is 16.2 Å². The van der Waals surface area contributed by atoms with Crippen LogP contribution in [-0.2, 0) is 11.3 Å². The molecule has 0 unspecified atom stereocenters. The van der Waals surface area contributed by atoms with Crippen LogP contribution in [0.15, 0.2) is 11.7 Å². The van der Waals surface area contributed by atoms with Crippen molar-refractivity contribution in [3.63, 3.8) is 0 Å². The molecule has 1 aromatic heterocycles. The van der Waals surface area contributed by atoms with E-state index < -0.39 is 5.60 Å². The fourth-order valence-electron chi connectivity index (χ4n) is 2.29. The van der Waals surface area contributed by atoms with Crippen LogP contribution in [-0.4, -0.2) is 52.7 Å². The molecule has 1 amide bonds. The quantitative estimate of drug-likeness (QED) is 0.860. The minimum Gasteiger partial charge on any atom is -0.444 e. The van der Waals surface area contributed by atoms with Crippen LogP contribution in [0.2, 0.25) is 0 Å². The summed E-state index contributed by atoms with van der Waals surface area (Å²) in [4.78, 5) is 21.5. The fraction of sp³-hybridized carbons (Fsp3) is 0.714. The van der Waals surface area contributed by atoms with Gasteiger partial charge in [0.05, 0.1) is 5.51 Å². The van der Waals surface area contributed by atoms with Gasteiger partial charge >= 0.3 is 6.09 Å². The molecule has 20 heavy (non-hydrogen) atoms. The number of thiazole rings is 1. The summed E-state index contributed by atoms with van der Waals surface area (Å²) in [6, 6.07) is 0.393. The van der Waals surface area contributed by atoms with E-state index in [-0.39, 0.29) is 6.09 Å². The molecule has 112 valence electrons. The molecular weight excluding hydrogens is 274 g/mol. The smallest absolute Gasteiger partial charge is 0.410 e. The van der Waals surface area contributed by atoms with E-state index in [1.165, 1.54) is 4.88 Å². The molecule has 2 rings (SSSR count). The van der Waals surface area contributed by atoms with Crippen LogP contribution in [0.25, 0.3) is 0 Å². The third-order valence-electron chi connectivity index (χ3n) is 3.33. The van der Waals surface area contributed by atoms with E-state index in [2.05, 4.69) is 16.9 Å². The summed E-state index contributed by atoms with van der Waals surface area (Å²) in [6.07, 6.45) is 2.70. The van der Waals surface area contributed by atoms with E-state index in [4.69, 9.17) is 4.74 Å². The van der Waals surface area contributed by atoms with Crippen molar-refractivity contribution in [2.45, 2.75) is 45.4 Å². The van der Waals surface area contributed by atoms with Crippen LogP contribution in [0.5, 0.6) is 0 Å². The van der Waals surface area contributed by atoms with E-state index in [9.17, 15) is 4.79 Å². The highest BCUT2D eigenvalue weighted by Gasteiger charge is 2.31. The standard InChI is InChI=1S/C14H23N3O2S/c1-14(2,3)19-13(18)17-6-5-11(8-17)16(4)9-12-7-15-10-20-12/h7,10-11H,5-6,8-9H2,1-4H3/t11-/m0/s1. The molecule has 1 atom stereocenters. The maximum absolute atomic E-state index is 12.0. The molecule has 6 heteroatoms. The Labute approximate surface area is 124 Å². The first kappa shape index (κ1) is 15.3. The van der Waals surface area contributed by atoms with Gasteiger partial charge in [-0.05, 0) is 34.2 Å². The molecule has 0 bridgehead atoms. The van der Waals surface area contributed by atoms with Gasteiger partial charge < -0.3 is 9.64 Å². The maximum atomic E-state index is 12.0. The number of likely N-dealkylation sites (N-methyl/N-ethyl adjacent to an activating group) is 1. The lowest BCUT2D eigenvalue weighted by Gasteiger charge is -2.26. The fourth-order valence-corrected chi connectivity index (χ4v) is 2.95. The molecule has 1 fully saturated rings. The predicted octanol–water partition coefficient (Wildman–Crippen LogP) is 2.58. The molecule has 1 saturated heterocycles. The monoisotopic (exact) mass is 297 g/mol. The summed E-state index contributed by atoms with van der Waals surface area (Å²) >= 11 is 1.67. The lowest BCUT2D eigenvalue weighted by Crippen LogP contribution is -2.38. The van der Waals surface area contributed by atoms with Crippen LogP contribution in [0.3, 0.4) is 0 Å². The predicted molar refractivity (Wildman–Crippen MR) is 79.8 cm³/mol. The molecule has 0 N–H and O–H groups in total. The zero-order valence-corrected chi connectivity index (χ0v) is 13.4. The molecule has 0 spiro atoms. The van der Waals surface area contributed by atoms with Crippen LogP contribution in [0.4, 0.5) is 4.79 Å². The van der Waals surface area contributed by atoms with Crippen molar-refractivity contribution >= 4 is 17.4 Å². The molecule has 0 saturated carbocycles. The Morgan fingerprint density at radius 2 is 2.35 bits per heavy atom. The zero-order chi connectivity index (χ0) is 14.8. The molecular formula is C14H23N3O2S. The summed E-state index contributed by atoms with van der Waals surface area (Å²) in [5.74, 6) is 0. The second-order valence-corrected chi connectivity index (χ2v) is 7.22. The minimum absolute atomic E-state index is 0.203. The van der Waals surface area contributed by atoms with Gasteiger partial charge in [-0.15, -0.1) is 11.3 Å². The van der Waals surface area contributed by atoms with E-state index >= 15 is 0 Å². The molecule has 1 aromatic rings. The molecule has 0 radical (unpaired) electrons. The first-order valence-electron chi connectivity index (χ1n) is 6.91. The summed E-state index contributed by atoms with van der Waals surface area (Å²) in [7, 11) is 2.10. The van der Waals surface area contributed by atoms with Gasteiger partial charge in [0.25, 0.3) is 0 Å². The number of carbonyl (C=O) groups excluding carboxylic acids is 1. The summed E-state index contributed by atoms with van der Waals surface area (Å²) in [5.41, 5.74) is 1.43. The highest BCUT2D eigenvalue weighted by Crippen LogP contribution is 2.20. The van der Waals surface area contributed by atoms with E-state index in [1.807, 2.05) is 32.5 Å². The Morgan fingerprint density at radius 3 is 2.95 bits per heavy atom. The second kappa shape index (κ2) is 6.10. The zero-order valence-electron chi connectivity index (χ0n) is 12.6. The second-order valence-electron chi connectivity index (χ2n) is 6.25. The first-order valence-corrected chi connectivity index (χ1v) is 7.78. The Hall–Kier alpha value is -1.14. The lowest BCUT2D eigenvalue weighted by atomic mass is 10.2. The van der Waals surface area contributed by atoms with Crippen molar-refractivity contribution in [1.29, 1.82) is 0 Å². The number of rotatable bonds is 3. The van der Waals surface area contributed by atoms with Gasteiger partial charge in [-0.1, -0.05) is 0 Å². The Kier molecular flexibility index (Phi) is 4.65. The normalized spacial score (nSPS) is 19.6. The number of carbonyl (C=O) groups is 1. The summed E-state index contributed by atoms with van der Waals surface area (Å²) in [5, 5.41) is 0. The van der Waals surface area contributed by atoms with Crippen LogP contribution in [0, 0.1) is 0 Å². The Balaban J connectivity index is 1.84. The Bertz CT molecular complexity index is 442. The minimum atomic E-state index is -0.427. The molecule has 2 heterocycles. The van der Waals surface area contributed by atoms with Gasteiger partial charge in [0, 0.05) is 36.8 Å². The van der Waals surface area contributed by atoms with Crippen LogP contribution < -0.4 is 0 Å². The maximum Gasteiger partial charge on any atom is 0.410 e. The van der Waals surface area contributed by atoms with Crippen molar-refractivity contribution in [2.75, 3.05) is 20.1 Å². The van der Waals surface area contributed by atoms with Gasteiger partial charge in [-0.2, -0.15) is 0 Å². The molecule has 5 nitrogen and oxygen atoms in total. The highest BCUT2D eigenvalue weighted by molar-refractivity contribution is 7.09. The Morgan fingerprint density at radius 1 is 1.60 bits per heavy atom. The molecule has 1 aliphatic heterocycles. The largest absolute Gasteiger partial charge is 0.444 e. The van der Waals surface area contributed by atoms with Crippen molar-refractivity contribution in [3.8, 4) is 0 Å². The number of aromatic nitrogens is 1. The number of ether oxygens (including phenoxy) is 1. The lowest BCUT2D eigenvalue weighted by molar-refractivity contribution is 0.0282. The number of hydrogen-bond acceptors (Lipinski definition) is 5. The highest BCUT2D eigenvalue weighted by atomic mass is 32.1. The average Bonchev–Trinajstić information content (AvgIpc) is 2.96. The van der Waals surface area contributed by atoms with Crippen molar-refractivity contribution in [3.05, 3.63) is 16.6 Å². The number of hydrogen-bond donors (Lipinski definition) is 0. The van der Waals surface area contributed by atoms with Gasteiger partial charge in [0.2, 0.25) is 0 Å². The van der Waals surface area contributed by atoms with E-state index in [0.717, 1.165) is 26.1 Å². The van der Waals surface area contributed by atoms with Gasteiger partial charge in [-0.25, -0.2) is 4.79 Å². The number of nitrogens with zero attached hydrogens (tertiary/aromatic N) is 3. The number of amides is 1. The van der Waals surface area contributed by atoms with Crippen molar-refractivity contribution in [2.24, 2.45) is 0 Å². The summed E-state index contributed by atoms with van der Waals surface area (Å²) < 4.78 is 5.42. The van der Waals surface area contributed by atoms with Gasteiger partial charge in [0.1, 0.15) is 5.60 Å². The third kappa shape index (κ3) is 4.18. The van der Waals surface area contributed by atoms with Crippen LogP contribution >= 0.6 is 11.3 Å². The third-order valence-corrected chi connectivity index (χ3v) is 4.09. The average molecular weight is 297 g/mol. The van der Waals surface area contributed by atoms with Crippen molar-refractivity contribution in [1.82, 2.24) is 14.8 Å². The van der Waals surface area contributed by atoms with Crippen molar-refractivity contribution < 1.29 is 9.53 Å². The molecule has 0 aliphatic carbocycles. The van der Waals surface area contributed by atoms with E-state index in [0.29, 0.717) is 6.04 Å². The first-order chi connectivity index (χ1) is 9.35. The SMILES string of the molecule is CN(Cc1cncs1)[C@H]1CCN(C(=O)OC(C)(C)C)C1. The number of likely N-dealkylation sites (tertiary alicyclic amines) is 1. The summed E-state index contributed by atoms with van der Waals surface area (Å²) in [6.45, 7) is 8.09. The topological polar surface area (TPSA) is 45.7 Å².